The predicted octanol–water partition coefficient (Wildman–Crippen LogP) is 3.62. The zero-order valence-electron chi connectivity index (χ0n) is 15.1. The molecule has 0 aliphatic carbocycles. The molecule has 6 heteroatoms. The monoisotopic (exact) mass is 351 g/mol. The summed E-state index contributed by atoms with van der Waals surface area (Å²) in [5.41, 5.74) is 3.10. The molecule has 0 radical (unpaired) electrons. The molecule has 0 bridgehead atoms. The molecule has 1 aliphatic rings. The van der Waals surface area contributed by atoms with E-state index < -0.39 is 7.12 Å². The SMILES string of the molecule is CCCOc1c(C#N)c(-c2ccccc2)cc(C2COB(O)C2)c1OC. The summed E-state index contributed by atoms with van der Waals surface area (Å²) in [5.74, 6) is 1.01. The van der Waals surface area contributed by atoms with Crippen molar-refractivity contribution in [3.8, 4) is 28.7 Å². The third-order valence-electron chi connectivity index (χ3n) is 4.53. The minimum Gasteiger partial charge on any atom is -0.493 e. The van der Waals surface area contributed by atoms with Gasteiger partial charge in [0.05, 0.1) is 13.7 Å². The summed E-state index contributed by atoms with van der Waals surface area (Å²) in [7, 11) is 0.799. The van der Waals surface area contributed by atoms with E-state index in [9.17, 15) is 10.3 Å². The summed E-state index contributed by atoms with van der Waals surface area (Å²) < 4.78 is 16.9. The predicted molar refractivity (Wildman–Crippen MR) is 100 cm³/mol. The normalized spacial score (nSPS) is 16.4. The van der Waals surface area contributed by atoms with Crippen molar-refractivity contribution < 1.29 is 19.2 Å². The Kier molecular flexibility index (Phi) is 5.82. The van der Waals surface area contributed by atoms with E-state index in [-0.39, 0.29) is 5.92 Å². The molecule has 3 rings (SSSR count). The molecule has 0 spiro atoms. The summed E-state index contributed by atoms with van der Waals surface area (Å²) in [6, 6.07) is 14.0. The van der Waals surface area contributed by atoms with Gasteiger partial charge in [-0.1, -0.05) is 37.3 Å². The van der Waals surface area contributed by atoms with Crippen LogP contribution in [0.15, 0.2) is 36.4 Å². The fourth-order valence-electron chi connectivity index (χ4n) is 3.30. The van der Waals surface area contributed by atoms with Gasteiger partial charge >= 0.3 is 7.12 Å². The van der Waals surface area contributed by atoms with Crippen LogP contribution >= 0.6 is 0 Å². The maximum Gasteiger partial charge on any atom is 0.454 e. The lowest BCUT2D eigenvalue weighted by Gasteiger charge is -2.21. The number of hydrogen-bond acceptors (Lipinski definition) is 5. The zero-order valence-corrected chi connectivity index (χ0v) is 15.1. The Labute approximate surface area is 154 Å². The topological polar surface area (TPSA) is 71.7 Å². The van der Waals surface area contributed by atoms with Crippen LogP contribution in [0, 0.1) is 11.3 Å². The van der Waals surface area contributed by atoms with Gasteiger partial charge < -0.3 is 19.2 Å². The lowest BCUT2D eigenvalue weighted by atomic mass is 9.78. The second-order valence-corrected chi connectivity index (χ2v) is 6.30. The number of nitrogens with zero attached hydrogens (tertiary/aromatic N) is 1. The molecule has 2 aromatic rings. The van der Waals surface area contributed by atoms with E-state index in [2.05, 4.69) is 6.07 Å². The van der Waals surface area contributed by atoms with Gasteiger partial charge in [-0.3, -0.25) is 0 Å². The molecule has 1 unspecified atom stereocenters. The largest absolute Gasteiger partial charge is 0.493 e. The summed E-state index contributed by atoms with van der Waals surface area (Å²) in [5, 5.41) is 19.6. The van der Waals surface area contributed by atoms with Crippen LogP contribution in [0.25, 0.3) is 11.1 Å². The van der Waals surface area contributed by atoms with Crippen LogP contribution in [0.4, 0.5) is 0 Å². The van der Waals surface area contributed by atoms with Gasteiger partial charge in [-0.25, -0.2) is 0 Å². The van der Waals surface area contributed by atoms with Gasteiger partial charge in [0.25, 0.3) is 0 Å². The number of benzene rings is 2. The molecule has 2 aromatic carbocycles. The summed E-state index contributed by atoms with van der Waals surface area (Å²) in [6.45, 7) is 2.92. The second-order valence-electron chi connectivity index (χ2n) is 6.30. The lowest BCUT2D eigenvalue weighted by molar-refractivity contribution is 0.282. The minimum absolute atomic E-state index is 0.0147. The summed E-state index contributed by atoms with van der Waals surface area (Å²) in [6.07, 6.45) is 1.31. The van der Waals surface area contributed by atoms with E-state index in [0.29, 0.717) is 36.6 Å². The van der Waals surface area contributed by atoms with E-state index in [1.54, 1.807) is 7.11 Å². The van der Waals surface area contributed by atoms with E-state index >= 15 is 0 Å². The average Bonchev–Trinajstić information content (AvgIpc) is 3.11. The molecule has 134 valence electrons. The van der Waals surface area contributed by atoms with Crippen molar-refractivity contribution in [1.82, 2.24) is 0 Å². The fraction of sp³-hybridized carbons (Fsp3) is 0.350. The smallest absolute Gasteiger partial charge is 0.454 e. The van der Waals surface area contributed by atoms with Crippen LogP contribution in [-0.2, 0) is 4.65 Å². The molecule has 5 nitrogen and oxygen atoms in total. The highest BCUT2D eigenvalue weighted by Gasteiger charge is 2.34. The molecule has 0 saturated carbocycles. The third kappa shape index (κ3) is 3.55. The van der Waals surface area contributed by atoms with E-state index in [4.69, 9.17) is 14.1 Å². The Balaban J connectivity index is 2.22. The maximum atomic E-state index is 9.83. The second kappa shape index (κ2) is 8.26. The highest BCUT2D eigenvalue weighted by atomic mass is 16.5. The Bertz CT molecular complexity index is 804. The van der Waals surface area contributed by atoms with Gasteiger partial charge in [-0.05, 0) is 24.4 Å². The number of nitriles is 1. The van der Waals surface area contributed by atoms with Crippen molar-refractivity contribution in [3.05, 3.63) is 47.5 Å². The van der Waals surface area contributed by atoms with E-state index in [1.807, 2.05) is 43.3 Å². The van der Waals surface area contributed by atoms with Crippen LogP contribution in [0.5, 0.6) is 11.5 Å². The standard InChI is InChI=1S/C20H22BNO4/c1-3-9-25-20-18(12-22)16(14-7-5-4-6-8-14)10-17(19(20)24-2)15-11-21(23)26-13-15/h4-8,10,15,23H,3,9,11,13H2,1-2H3. The number of hydrogen-bond donors (Lipinski definition) is 1. The first kappa shape index (κ1) is 18.3. The van der Waals surface area contributed by atoms with Crippen molar-refractivity contribution >= 4 is 7.12 Å². The van der Waals surface area contributed by atoms with Crippen LogP contribution in [0.3, 0.4) is 0 Å². The van der Waals surface area contributed by atoms with Crippen LogP contribution in [-0.4, -0.2) is 32.5 Å². The molecule has 1 heterocycles. The van der Waals surface area contributed by atoms with Crippen molar-refractivity contribution in [2.24, 2.45) is 0 Å². The molecule has 1 saturated heterocycles. The first-order chi connectivity index (χ1) is 12.7. The third-order valence-corrected chi connectivity index (χ3v) is 4.53. The quantitative estimate of drug-likeness (QED) is 0.805. The van der Waals surface area contributed by atoms with Crippen molar-refractivity contribution in [3.63, 3.8) is 0 Å². The molecule has 0 aromatic heterocycles. The van der Waals surface area contributed by atoms with Gasteiger partial charge in [-0.2, -0.15) is 5.26 Å². The van der Waals surface area contributed by atoms with Gasteiger partial charge in [0.1, 0.15) is 11.6 Å². The molecule has 1 fully saturated rings. The average molecular weight is 351 g/mol. The molecule has 1 aliphatic heterocycles. The molecule has 0 amide bonds. The number of ether oxygens (including phenoxy) is 2. The number of rotatable bonds is 6. The van der Waals surface area contributed by atoms with Gasteiger partial charge in [0, 0.05) is 23.7 Å². The molecular formula is C20H22BNO4. The Hall–Kier alpha value is -2.49. The van der Waals surface area contributed by atoms with Crippen molar-refractivity contribution in [2.45, 2.75) is 25.6 Å². The lowest BCUT2D eigenvalue weighted by Crippen LogP contribution is -2.09. The Morgan fingerprint density at radius 2 is 2.08 bits per heavy atom. The fourth-order valence-corrected chi connectivity index (χ4v) is 3.30. The van der Waals surface area contributed by atoms with E-state index in [0.717, 1.165) is 23.1 Å². The number of methoxy groups -OCH3 is 1. The zero-order chi connectivity index (χ0) is 18.5. The molecule has 1 atom stereocenters. The van der Waals surface area contributed by atoms with Crippen LogP contribution in [0.2, 0.25) is 6.32 Å². The molecule has 26 heavy (non-hydrogen) atoms. The van der Waals surface area contributed by atoms with Crippen LogP contribution in [0.1, 0.15) is 30.4 Å². The summed E-state index contributed by atoms with van der Waals surface area (Å²) >= 11 is 0. The van der Waals surface area contributed by atoms with Crippen molar-refractivity contribution in [2.75, 3.05) is 20.3 Å². The first-order valence-electron chi connectivity index (χ1n) is 8.82. The maximum absolute atomic E-state index is 9.83. The van der Waals surface area contributed by atoms with Gasteiger partial charge in [-0.15, -0.1) is 0 Å². The van der Waals surface area contributed by atoms with Crippen molar-refractivity contribution in [1.29, 1.82) is 5.26 Å². The molecular weight excluding hydrogens is 329 g/mol. The highest BCUT2D eigenvalue weighted by molar-refractivity contribution is 6.43. The van der Waals surface area contributed by atoms with Gasteiger partial charge in [0.2, 0.25) is 0 Å². The van der Waals surface area contributed by atoms with Crippen LogP contribution < -0.4 is 9.47 Å². The summed E-state index contributed by atoms with van der Waals surface area (Å²) in [4.78, 5) is 0. The first-order valence-corrected chi connectivity index (χ1v) is 8.82. The van der Waals surface area contributed by atoms with Gasteiger partial charge in [0.15, 0.2) is 11.5 Å². The Morgan fingerprint density at radius 3 is 2.65 bits per heavy atom. The highest BCUT2D eigenvalue weighted by Crippen LogP contribution is 2.46. The molecule has 1 N–H and O–H groups in total. The Morgan fingerprint density at radius 1 is 1.31 bits per heavy atom. The van der Waals surface area contributed by atoms with E-state index in [1.165, 1.54) is 0 Å². The minimum atomic E-state index is -0.777.